The lowest BCUT2D eigenvalue weighted by Gasteiger charge is -2.30. The summed E-state index contributed by atoms with van der Waals surface area (Å²) < 4.78 is 0. The molecule has 1 aromatic carbocycles. The molecule has 1 amide bonds. The number of nitrogens with zero attached hydrogens (tertiary/aromatic N) is 1. The maximum absolute atomic E-state index is 12.3. The normalized spacial score (nSPS) is 15.8. The summed E-state index contributed by atoms with van der Waals surface area (Å²) in [6.07, 6.45) is 4.10. The Morgan fingerprint density at radius 1 is 1.32 bits per heavy atom. The lowest BCUT2D eigenvalue weighted by Crippen LogP contribution is -2.36. The Labute approximate surface area is 134 Å². The van der Waals surface area contributed by atoms with E-state index in [-0.39, 0.29) is 12.0 Å². The van der Waals surface area contributed by atoms with Crippen LogP contribution < -0.4 is 0 Å². The van der Waals surface area contributed by atoms with Crippen LogP contribution in [0.15, 0.2) is 18.2 Å². The number of fused-ring (bicyclic) bond motifs is 1. The first kappa shape index (κ1) is 17.0. The molecule has 0 bridgehead atoms. The average molecular weight is 303 g/mol. The highest BCUT2D eigenvalue weighted by molar-refractivity contribution is 5.76. The summed E-state index contributed by atoms with van der Waals surface area (Å²) >= 11 is 0. The van der Waals surface area contributed by atoms with Crippen LogP contribution in [0.3, 0.4) is 0 Å². The minimum atomic E-state index is -0.382. The van der Waals surface area contributed by atoms with Gasteiger partial charge in [-0.05, 0) is 35.4 Å². The Morgan fingerprint density at radius 2 is 2.09 bits per heavy atom. The molecule has 0 saturated carbocycles. The van der Waals surface area contributed by atoms with Crippen molar-refractivity contribution >= 4 is 5.91 Å². The van der Waals surface area contributed by atoms with Gasteiger partial charge in [0.1, 0.15) is 0 Å². The summed E-state index contributed by atoms with van der Waals surface area (Å²) in [7, 11) is 0. The highest BCUT2D eigenvalue weighted by Crippen LogP contribution is 2.26. The maximum Gasteiger partial charge on any atom is 0.223 e. The van der Waals surface area contributed by atoms with Crippen molar-refractivity contribution in [3.63, 3.8) is 0 Å². The van der Waals surface area contributed by atoms with Crippen molar-refractivity contribution in [2.75, 3.05) is 6.54 Å². The van der Waals surface area contributed by atoms with Gasteiger partial charge in [-0.1, -0.05) is 51.8 Å². The standard InChI is InChI=1S/C19H29NO2/c1-4-5-6-18(21)16-8-7-15-9-10-20(13-17(15)12-16)19(22)11-14(2)3/h7-8,12,14,18,21H,4-6,9-11,13H2,1-3H3. The second-order valence-electron chi connectivity index (χ2n) is 6.85. The molecule has 3 nitrogen and oxygen atoms in total. The fourth-order valence-electron chi connectivity index (χ4n) is 3.04. The van der Waals surface area contributed by atoms with Crippen LogP contribution >= 0.6 is 0 Å². The molecule has 1 aliphatic heterocycles. The lowest BCUT2D eigenvalue weighted by atomic mass is 9.94. The van der Waals surface area contributed by atoms with E-state index < -0.39 is 0 Å². The zero-order valence-corrected chi connectivity index (χ0v) is 14.1. The molecule has 1 N–H and O–H groups in total. The van der Waals surface area contributed by atoms with Crippen molar-refractivity contribution in [3.8, 4) is 0 Å². The van der Waals surface area contributed by atoms with E-state index in [1.54, 1.807) is 0 Å². The first-order chi connectivity index (χ1) is 10.5. The van der Waals surface area contributed by atoms with E-state index in [0.29, 0.717) is 18.9 Å². The number of aliphatic hydroxyl groups is 1. The predicted octanol–water partition coefficient (Wildman–Crippen LogP) is 3.84. The van der Waals surface area contributed by atoms with E-state index in [0.717, 1.165) is 37.8 Å². The van der Waals surface area contributed by atoms with E-state index in [2.05, 4.69) is 32.9 Å². The molecule has 3 heteroatoms. The summed E-state index contributed by atoms with van der Waals surface area (Å²) in [5.41, 5.74) is 3.52. The first-order valence-electron chi connectivity index (χ1n) is 8.58. The second kappa shape index (κ2) is 7.77. The van der Waals surface area contributed by atoms with Gasteiger partial charge in [-0.15, -0.1) is 0 Å². The predicted molar refractivity (Wildman–Crippen MR) is 89.5 cm³/mol. The van der Waals surface area contributed by atoms with Gasteiger partial charge < -0.3 is 10.0 Å². The Morgan fingerprint density at radius 3 is 2.77 bits per heavy atom. The molecule has 0 saturated heterocycles. The number of hydrogen-bond donors (Lipinski definition) is 1. The Balaban J connectivity index is 2.07. The van der Waals surface area contributed by atoms with Gasteiger partial charge in [-0.2, -0.15) is 0 Å². The van der Waals surface area contributed by atoms with E-state index in [4.69, 9.17) is 0 Å². The summed E-state index contributed by atoms with van der Waals surface area (Å²) in [5, 5.41) is 10.3. The van der Waals surface area contributed by atoms with Gasteiger partial charge in [0, 0.05) is 19.5 Å². The molecule has 22 heavy (non-hydrogen) atoms. The largest absolute Gasteiger partial charge is 0.388 e. The molecule has 1 aliphatic rings. The number of carbonyl (C=O) groups is 1. The third-order valence-corrected chi connectivity index (χ3v) is 4.39. The summed E-state index contributed by atoms with van der Waals surface area (Å²) in [5.74, 6) is 0.647. The quantitative estimate of drug-likeness (QED) is 0.867. The fourth-order valence-corrected chi connectivity index (χ4v) is 3.04. The van der Waals surface area contributed by atoms with Crippen molar-refractivity contribution in [1.29, 1.82) is 0 Å². The van der Waals surface area contributed by atoms with Crippen molar-refractivity contribution < 1.29 is 9.90 Å². The molecule has 0 fully saturated rings. The monoisotopic (exact) mass is 303 g/mol. The van der Waals surface area contributed by atoms with Crippen molar-refractivity contribution in [2.45, 2.75) is 65.5 Å². The molecule has 122 valence electrons. The number of rotatable bonds is 6. The number of aliphatic hydroxyl groups excluding tert-OH is 1. The number of unbranched alkanes of at least 4 members (excludes halogenated alkanes) is 1. The van der Waals surface area contributed by atoms with Crippen LogP contribution in [0.5, 0.6) is 0 Å². The third-order valence-electron chi connectivity index (χ3n) is 4.39. The highest BCUT2D eigenvalue weighted by Gasteiger charge is 2.22. The van der Waals surface area contributed by atoms with Gasteiger partial charge in [-0.3, -0.25) is 4.79 Å². The van der Waals surface area contributed by atoms with Crippen LogP contribution in [0, 0.1) is 5.92 Å². The van der Waals surface area contributed by atoms with Crippen molar-refractivity contribution in [3.05, 3.63) is 34.9 Å². The molecule has 1 heterocycles. The fraction of sp³-hybridized carbons (Fsp3) is 0.632. The highest BCUT2D eigenvalue weighted by atomic mass is 16.3. The van der Waals surface area contributed by atoms with Crippen molar-refractivity contribution in [2.24, 2.45) is 5.92 Å². The minimum Gasteiger partial charge on any atom is -0.388 e. The summed E-state index contributed by atoms with van der Waals surface area (Å²) in [6, 6.07) is 6.28. The van der Waals surface area contributed by atoms with Gasteiger partial charge in [0.2, 0.25) is 5.91 Å². The number of hydrogen-bond acceptors (Lipinski definition) is 2. The SMILES string of the molecule is CCCCC(O)c1ccc2c(c1)CN(C(=O)CC(C)C)CC2. The third kappa shape index (κ3) is 4.33. The second-order valence-corrected chi connectivity index (χ2v) is 6.85. The van der Waals surface area contributed by atoms with E-state index >= 15 is 0 Å². The van der Waals surface area contributed by atoms with Crippen LogP contribution in [0.4, 0.5) is 0 Å². The van der Waals surface area contributed by atoms with E-state index in [9.17, 15) is 9.90 Å². The molecule has 0 aromatic heterocycles. The molecular formula is C19H29NO2. The van der Waals surface area contributed by atoms with Crippen LogP contribution in [-0.4, -0.2) is 22.5 Å². The molecular weight excluding hydrogens is 274 g/mol. The van der Waals surface area contributed by atoms with Gasteiger partial charge in [0.05, 0.1) is 6.10 Å². The Kier molecular flexibility index (Phi) is 6.01. The molecule has 2 rings (SSSR count). The van der Waals surface area contributed by atoms with Gasteiger partial charge in [-0.25, -0.2) is 0 Å². The minimum absolute atomic E-state index is 0.248. The average Bonchev–Trinajstić information content (AvgIpc) is 2.50. The van der Waals surface area contributed by atoms with Crippen LogP contribution in [0.2, 0.25) is 0 Å². The number of carbonyl (C=O) groups excluding carboxylic acids is 1. The molecule has 0 radical (unpaired) electrons. The van der Waals surface area contributed by atoms with Gasteiger partial charge >= 0.3 is 0 Å². The molecule has 1 atom stereocenters. The van der Waals surface area contributed by atoms with Crippen molar-refractivity contribution in [1.82, 2.24) is 4.90 Å². The zero-order chi connectivity index (χ0) is 16.1. The van der Waals surface area contributed by atoms with E-state index in [1.165, 1.54) is 11.1 Å². The number of benzene rings is 1. The molecule has 1 aromatic rings. The van der Waals surface area contributed by atoms with E-state index in [1.807, 2.05) is 11.0 Å². The Bertz CT molecular complexity index is 510. The first-order valence-corrected chi connectivity index (χ1v) is 8.58. The topological polar surface area (TPSA) is 40.5 Å². The van der Waals surface area contributed by atoms with Crippen LogP contribution in [-0.2, 0) is 17.8 Å². The zero-order valence-electron chi connectivity index (χ0n) is 14.1. The van der Waals surface area contributed by atoms with Crippen LogP contribution in [0.1, 0.15) is 69.2 Å². The summed E-state index contributed by atoms with van der Waals surface area (Å²) in [4.78, 5) is 14.2. The molecule has 1 unspecified atom stereocenters. The van der Waals surface area contributed by atoms with Gasteiger partial charge in [0.25, 0.3) is 0 Å². The maximum atomic E-state index is 12.3. The Hall–Kier alpha value is -1.35. The van der Waals surface area contributed by atoms with Gasteiger partial charge in [0.15, 0.2) is 0 Å². The van der Waals surface area contributed by atoms with Crippen LogP contribution in [0.25, 0.3) is 0 Å². The molecule has 0 aliphatic carbocycles. The number of amides is 1. The smallest absolute Gasteiger partial charge is 0.223 e. The lowest BCUT2D eigenvalue weighted by molar-refractivity contribution is -0.132. The molecule has 0 spiro atoms. The summed E-state index contributed by atoms with van der Waals surface area (Å²) in [6.45, 7) is 7.80.